The Bertz CT molecular complexity index is 376. The Balaban J connectivity index is 2.04. The van der Waals surface area contributed by atoms with Gasteiger partial charge in [0.1, 0.15) is 0 Å². The molecule has 1 atom stereocenters. The Hall–Kier alpha value is -1.50. The van der Waals surface area contributed by atoms with Crippen LogP contribution < -0.4 is 5.32 Å². The van der Waals surface area contributed by atoms with Gasteiger partial charge < -0.3 is 10.2 Å². The molecule has 0 aliphatic carbocycles. The van der Waals surface area contributed by atoms with Gasteiger partial charge in [-0.15, -0.1) is 10.2 Å². The topological polar surface area (TPSA) is 75.9 Å². The van der Waals surface area contributed by atoms with E-state index in [2.05, 4.69) is 20.7 Å². The van der Waals surface area contributed by atoms with Crippen molar-refractivity contribution in [2.75, 3.05) is 13.1 Å². The van der Waals surface area contributed by atoms with E-state index in [0.717, 1.165) is 19.5 Å². The predicted octanol–water partition coefficient (Wildman–Crippen LogP) is -1.08. The molecule has 0 spiro atoms. The van der Waals surface area contributed by atoms with Gasteiger partial charge in [0, 0.05) is 6.54 Å². The molecule has 0 bridgehead atoms. The lowest BCUT2D eigenvalue weighted by Gasteiger charge is -2.20. The summed E-state index contributed by atoms with van der Waals surface area (Å²) < 4.78 is 0. The first kappa shape index (κ1) is 11.0. The number of hydrogen-bond donors (Lipinski definition) is 1. The van der Waals surface area contributed by atoms with Crippen LogP contribution >= 0.6 is 0 Å². The van der Waals surface area contributed by atoms with Crippen molar-refractivity contribution in [3.8, 4) is 0 Å². The van der Waals surface area contributed by atoms with Crippen molar-refractivity contribution < 1.29 is 4.79 Å². The average molecular weight is 224 g/mol. The molecule has 0 radical (unpaired) electrons. The maximum atomic E-state index is 11.9. The molecule has 1 aromatic heterocycles. The Morgan fingerprint density at radius 2 is 2.38 bits per heavy atom. The zero-order valence-electron chi connectivity index (χ0n) is 9.55. The van der Waals surface area contributed by atoms with Crippen LogP contribution in [0.1, 0.15) is 19.2 Å². The quantitative estimate of drug-likeness (QED) is 0.691. The zero-order chi connectivity index (χ0) is 11.5. The average Bonchev–Trinajstić information content (AvgIpc) is 2.60. The number of hydrogen-bond acceptors (Lipinski definition) is 5. The van der Waals surface area contributed by atoms with E-state index < -0.39 is 0 Å². The van der Waals surface area contributed by atoms with E-state index >= 15 is 0 Å². The number of aryl methyl sites for hydroxylation is 1. The lowest BCUT2D eigenvalue weighted by molar-refractivity contribution is -0.132. The maximum Gasteiger partial charge on any atom is 0.239 e. The fraction of sp³-hybridized carbons (Fsp3) is 0.778. The second-order valence-corrected chi connectivity index (χ2v) is 3.98. The summed E-state index contributed by atoms with van der Waals surface area (Å²) in [6.07, 6.45) is 0.955. The highest BCUT2D eigenvalue weighted by molar-refractivity contribution is 5.81. The third-order valence-corrected chi connectivity index (χ3v) is 2.62. The maximum absolute atomic E-state index is 11.9. The van der Waals surface area contributed by atoms with Gasteiger partial charge in [0.15, 0.2) is 5.82 Å². The van der Waals surface area contributed by atoms with E-state index in [1.165, 1.54) is 4.80 Å². The van der Waals surface area contributed by atoms with Crippen LogP contribution in [0, 0.1) is 0 Å². The predicted molar refractivity (Wildman–Crippen MR) is 56.3 cm³/mol. The van der Waals surface area contributed by atoms with Crippen LogP contribution in [0.2, 0.25) is 0 Å². The molecule has 1 aromatic rings. The molecule has 1 unspecified atom stereocenters. The molecule has 0 aromatic carbocycles. The Morgan fingerprint density at radius 3 is 3.06 bits per heavy atom. The standard InChI is InChI=1S/C9H16N6O/c1-7-9(16)15(5-3-4-10-7)6-8-11-13-14(2)12-8/h7,10H,3-6H2,1-2H3. The van der Waals surface area contributed by atoms with Crippen molar-refractivity contribution in [1.82, 2.24) is 30.4 Å². The molecule has 16 heavy (non-hydrogen) atoms. The summed E-state index contributed by atoms with van der Waals surface area (Å²) >= 11 is 0. The normalized spacial score (nSPS) is 22.2. The highest BCUT2D eigenvalue weighted by atomic mass is 16.2. The molecule has 1 aliphatic rings. The van der Waals surface area contributed by atoms with Crippen molar-refractivity contribution in [1.29, 1.82) is 0 Å². The lowest BCUT2D eigenvalue weighted by Crippen LogP contribution is -2.41. The van der Waals surface area contributed by atoms with Crippen LogP contribution in [0.3, 0.4) is 0 Å². The molecule has 1 aliphatic heterocycles. The molecule has 2 heterocycles. The molecule has 88 valence electrons. The first-order valence-electron chi connectivity index (χ1n) is 5.42. The van der Waals surface area contributed by atoms with Gasteiger partial charge in [0.05, 0.1) is 19.6 Å². The monoisotopic (exact) mass is 224 g/mol. The molecule has 0 saturated carbocycles. The highest BCUT2D eigenvalue weighted by Crippen LogP contribution is 2.05. The molecule has 2 rings (SSSR count). The van der Waals surface area contributed by atoms with Gasteiger partial charge in [-0.2, -0.15) is 4.80 Å². The summed E-state index contributed by atoms with van der Waals surface area (Å²) in [5.74, 6) is 0.690. The Morgan fingerprint density at radius 1 is 1.56 bits per heavy atom. The largest absolute Gasteiger partial charge is 0.334 e. The van der Waals surface area contributed by atoms with Crippen molar-refractivity contribution >= 4 is 5.91 Å². The second-order valence-electron chi connectivity index (χ2n) is 3.98. The van der Waals surface area contributed by atoms with Gasteiger partial charge in [-0.05, 0) is 25.1 Å². The summed E-state index contributed by atoms with van der Waals surface area (Å²) in [7, 11) is 1.71. The Kier molecular flexibility index (Phi) is 3.14. The van der Waals surface area contributed by atoms with Crippen molar-refractivity contribution in [3.05, 3.63) is 5.82 Å². The van der Waals surface area contributed by atoms with E-state index in [9.17, 15) is 4.79 Å². The van der Waals surface area contributed by atoms with Gasteiger partial charge in [0.25, 0.3) is 0 Å². The van der Waals surface area contributed by atoms with Gasteiger partial charge in [0.2, 0.25) is 5.91 Å². The van der Waals surface area contributed by atoms with E-state index in [0.29, 0.717) is 12.4 Å². The molecule has 1 N–H and O–H groups in total. The molecular weight excluding hydrogens is 208 g/mol. The van der Waals surface area contributed by atoms with Gasteiger partial charge >= 0.3 is 0 Å². The van der Waals surface area contributed by atoms with Crippen LogP contribution in [0.25, 0.3) is 0 Å². The van der Waals surface area contributed by atoms with E-state index in [-0.39, 0.29) is 11.9 Å². The van der Waals surface area contributed by atoms with E-state index in [1.54, 1.807) is 11.9 Å². The molecule has 7 nitrogen and oxygen atoms in total. The third-order valence-electron chi connectivity index (χ3n) is 2.62. The van der Waals surface area contributed by atoms with Crippen molar-refractivity contribution in [3.63, 3.8) is 0 Å². The number of aromatic nitrogens is 4. The minimum Gasteiger partial charge on any atom is -0.334 e. The number of rotatable bonds is 2. The summed E-state index contributed by atoms with van der Waals surface area (Å²) in [6, 6.07) is -0.126. The number of carbonyl (C=O) groups excluding carboxylic acids is 1. The number of amides is 1. The zero-order valence-corrected chi connectivity index (χ0v) is 9.55. The highest BCUT2D eigenvalue weighted by Gasteiger charge is 2.23. The minimum atomic E-state index is -0.126. The van der Waals surface area contributed by atoms with Crippen LogP contribution in [0.15, 0.2) is 0 Å². The number of nitrogens with one attached hydrogen (secondary N) is 1. The van der Waals surface area contributed by atoms with Gasteiger partial charge in [-0.3, -0.25) is 4.79 Å². The summed E-state index contributed by atoms with van der Waals surface area (Å²) in [5, 5.41) is 14.9. The van der Waals surface area contributed by atoms with E-state index in [4.69, 9.17) is 0 Å². The fourth-order valence-corrected chi connectivity index (χ4v) is 1.77. The van der Waals surface area contributed by atoms with Gasteiger partial charge in [-0.1, -0.05) is 0 Å². The van der Waals surface area contributed by atoms with Crippen LogP contribution in [-0.2, 0) is 18.4 Å². The first-order chi connectivity index (χ1) is 7.66. The first-order valence-corrected chi connectivity index (χ1v) is 5.42. The molecule has 1 saturated heterocycles. The number of nitrogens with zero attached hydrogens (tertiary/aromatic N) is 5. The molecule has 1 amide bonds. The van der Waals surface area contributed by atoms with Crippen molar-refractivity contribution in [2.45, 2.75) is 25.9 Å². The fourth-order valence-electron chi connectivity index (χ4n) is 1.77. The smallest absolute Gasteiger partial charge is 0.239 e. The van der Waals surface area contributed by atoms with Gasteiger partial charge in [-0.25, -0.2) is 0 Å². The number of carbonyl (C=O) groups is 1. The molecule has 7 heteroatoms. The van der Waals surface area contributed by atoms with Crippen LogP contribution in [-0.4, -0.2) is 50.1 Å². The second kappa shape index (κ2) is 4.56. The third kappa shape index (κ3) is 2.35. The van der Waals surface area contributed by atoms with Crippen LogP contribution in [0.5, 0.6) is 0 Å². The Labute approximate surface area is 93.8 Å². The summed E-state index contributed by atoms with van der Waals surface area (Å²) in [4.78, 5) is 15.1. The summed E-state index contributed by atoms with van der Waals surface area (Å²) in [5.41, 5.74) is 0. The van der Waals surface area contributed by atoms with E-state index in [1.807, 2.05) is 6.92 Å². The number of tetrazole rings is 1. The summed E-state index contributed by atoms with van der Waals surface area (Å²) in [6.45, 7) is 3.94. The SMILES string of the molecule is CC1NCCCN(Cc2nnn(C)n2)C1=O. The lowest BCUT2D eigenvalue weighted by atomic mass is 10.3. The minimum absolute atomic E-state index is 0.102. The van der Waals surface area contributed by atoms with Crippen LogP contribution in [0.4, 0.5) is 0 Å². The molecule has 1 fully saturated rings. The molecular formula is C9H16N6O. The van der Waals surface area contributed by atoms with Crippen molar-refractivity contribution in [2.24, 2.45) is 7.05 Å².